The van der Waals surface area contributed by atoms with Crippen molar-refractivity contribution in [1.82, 2.24) is 4.57 Å². The highest BCUT2D eigenvalue weighted by molar-refractivity contribution is 6.07. The molecule has 166 valence electrons. The van der Waals surface area contributed by atoms with Crippen molar-refractivity contribution in [2.75, 3.05) is 6.61 Å². The average molecular weight is 441 g/mol. The second-order valence-electron chi connectivity index (χ2n) is 7.74. The van der Waals surface area contributed by atoms with Gasteiger partial charge in [0.05, 0.1) is 23.4 Å². The SMILES string of the molecule is CCOC(=O)c1c(COc2ccccc2)n(C)c2cc(-c3cc4ccccc4o3)c(O)cc12. The second kappa shape index (κ2) is 8.39. The minimum absolute atomic E-state index is 0.0215. The van der Waals surface area contributed by atoms with Gasteiger partial charge in [0.1, 0.15) is 29.4 Å². The van der Waals surface area contributed by atoms with Gasteiger partial charge in [0, 0.05) is 23.3 Å². The maximum atomic E-state index is 12.9. The lowest BCUT2D eigenvalue weighted by atomic mass is 10.1. The number of aryl methyl sites for hydroxylation is 1. The summed E-state index contributed by atoms with van der Waals surface area (Å²) in [5, 5.41) is 12.4. The molecule has 3 aromatic carbocycles. The molecule has 0 aliphatic rings. The van der Waals surface area contributed by atoms with E-state index in [1.54, 1.807) is 13.0 Å². The molecule has 5 rings (SSSR count). The van der Waals surface area contributed by atoms with Gasteiger partial charge in [-0.3, -0.25) is 0 Å². The van der Waals surface area contributed by atoms with Gasteiger partial charge in [0.15, 0.2) is 0 Å². The van der Waals surface area contributed by atoms with E-state index in [-0.39, 0.29) is 19.0 Å². The summed E-state index contributed by atoms with van der Waals surface area (Å²) in [7, 11) is 1.87. The summed E-state index contributed by atoms with van der Waals surface area (Å²) in [6.07, 6.45) is 0. The van der Waals surface area contributed by atoms with E-state index in [1.165, 1.54) is 0 Å². The number of hydrogen-bond donors (Lipinski definition) is 1. The fourth-order valence-corrected chi connectivity index (χ4v) is 4.10. The summed E-state index contributed by atoms with van der Waals surface area (Å²) in [5.74, 6) is 0.818. The van der Waals surface area contributed by atoms with Crippen LogP contribution in [-0.2, 0) is 18.4 Å². The first-order chi connectivity index (χ1) is 16.1. The number of phenolic OH excluding ortho intramolecular Hbond substituents is 1. The summed E-state index contributed by atoms with van der Waals surface area (Å²) >= 11 is 0. The molecule has 0 unspecified atom stereocenters. The Morgan fingerprint density at radius 3 is 2.55 bits per heavy atom. The number of aromatic nitrogens is 1. The van der Waals surface area contributed by atoms with Gasteiger partial charge in [-0.1, -0.05) is 36.4 Å². The molecule has 6 heteroatoms. The van der Waals surface area contributed by atoms with Gasteiger partial charge in [-0.05, 0) is 43.3 Å². The zero-order valence-corrected chi connectivity index (χ0v) is 18.4. The predicted molar refractivity (Wildman–Crippen MR) is 127 cm³/mol. The molecule has 6 nitrogen and oxygen atoms in total. The van der Waals surface area contributed by atoms with Crippen LogP contribution in [0, 0.1) is 0 Å². The van der Waals surface area contributed by atoms with Crippen LogP contribution in [0.3, 0.4) is 0 Å². The zero-order valence-electron chi connectivity index (χ0n) is 18.4. The molecule has 0 saturated carbocycles. The highest BCUT2D eigenvalue weighted by Crippen LogP contribution is 2.39. The number of benzene rings is 3. The highest BCUT2D eigenvalue weighted by atomic mass is 16.5. The molecule has 0 fully saturated rings. The first-order valence-electron chi connectivity index (χ1n) is 10.7. The van der Waals surface area contributed by atoms with E-state index in [0.717, 1.165) is 16.5 Å². The van der Waals surface area contributed by atoms with Crippen LogP contribution in [0.5, 0.6) is 11.5 Å². The van der Waals surface area contributed by atoms with Crippen LogP contribution >= 0.6 is 0 Å². The maximum Gasteiger partial charge on any atom is 0.340 e. The third kappa shape index (κ3) is 3.69. The number of furan rings is 1. The lowest BCUT2D eigenvalue weighted by Crippen LogP contribution is -2.11. The van der Waals surface area contributed by atoms with Gasteiger partial charge >= 0.3 is 5.97 Å². The first kappa shape index (κ1) is 20.7. The Morgan fingerprint density at radius 1 is 1.03 bits per heavy atom. The zero-order chi connectivity index (χ0) is 22.9. The van der Waals surface area contributed by atoms with Crippen molar-refractivity contribution >= 4 is 27.8 Å². The van der Waals surface area contributed by atoms with Crippen molar-refractivity contribution < 1.29 is 23.8 Å². The van der Waals surface area contributed by atoms with E-state index in [0.29, 0.717) is 33.7 Å². The van der Waals surface area contributed by atoms with Gasteiger partial charge in [-0.25, -0.2) is 4.79 Å². The predicted octanol–water partition coefficient (Wildman–Crippen LogP) is 6.05. The van der Waals surface area contributed by atoms with Gasteiger partial charge < -0.3 is 23.6 Å². The van der Waals surface area contributed by atoms with Crippen molar-refractivity contribution in [2.24, 2.45) is 7.05 Å². The Kier molecular flexibility index (Phi) is 5.26. The summed E-state index contributed by atoms with van der Waals surface area (Å²) in [4.78, 5) is 12.9. The minimum Gasteiger partial charge on any atom is -0.507 e. The Balaban J connectivity index is 1.64. The molecule has 33 heavy (non-hydrogen) atoms. The normalized spacial score (nSPS) is 11.2. The topological polar surface area (TPSA) is 73.8 Å². The van der Waals surface area contributed by atoms with E-state index >= 15 is 0 Å². The van der Waals surface area contributed by atoms with E-state index in [9.17, 15) is 9.90 Å². The number of nitrogens with zero attached hydrogens (tertiary/aromatic N) is 1. The number of hydrogen-bond acceptors (Lipinski definition) is 5. The van der Waals surface area contributed by atoms with E-state index < -0.39 is 5.97 Å². The Bertz CT molecular complexity index is 1430. The summed E-state index contributed by atoms with van der Waals surface area (Å²) in [6.45, 7) is 2.18. The number of carbonyl (C=O) groups is 1. The smallest absolute Gasteiger partial charge is 0.340 e. The number of fused-ring (bicyclic) bond motifs is 2. The summed E-state index contributed by atoms with van der Waals surface area (Å²) < 4.78 is 19.1. The lowest BCUT2D eigenvalue weighted by Gasteiger charge is -2.10. The molecule has 0 aliphatic heterocycles. The van der Waals surface area contributed by atoms with Crippen LogP contribution in [0.1, 0.15) is 23.0 Å². The van der Waals surface area contributed by atoms with Crippen molar-refractivity contribution in [2.45, 2.75) is 13.5 Å². The Hall–Kier alpha value is -4.19. The third-order valence-electron chi connectivity index (χ3n) is 5.73. The largest absolute Gasteiger partial charge is 0.507 e. The van der Waals surface area contributed by atoms with Gasteiger partial charge in [-0.15, -0.1) is 0 Å². The molecule has 2 heterocycles. The quantitative estimate of drug-likeness (QED) is 0.325. The van der Waals surface area contributed by atoms with Crippen molar-refractivity contribution in [3.8, 4) is 22.8 Å². The van der Waals surface area contributed by atoms with Crippen LogP contribution in [0.4, 0.5) is 0 Å². The molecule has 0 atom stereocenters. The highest BCUT2D eigenvalue weighted by Gasteiger charge is 2.25. The minimum atomic E-state index is -0.453. The number of aromatic hydroxyl groups is 1. The van der Waals surface area contributed by atoms with E-state index in [4.69, 9.17) is 13.9 Å². The molecule has 0 aliphatic carbocycles. The molecule has 0 amide bonds. The van der Waals surface area contributed by atoms with Crippen LogP contribution in [-0.4, -0.2) is 22.2 Å². The number of phenols is 1. The fraction of sp³-hybridized carbons (Fsp3) is 0.148. The number of esters is 1. The van der Waals surface area contributed by atoms with Crippen LogP contribution in [0.2, 0.25) is 0 Å². The summed E-state index contributed by atoms with van der Waals surface area (Å²) in [5.41, 5.74) is 3.09. The maximum absolute atomic E-state index is 12.9. The van der Waals surface area contributed by atoms with E-state index in [1.807, 2.05) is 78.3 Å². The number of carbonyl (C=O) groups excluding carboxylic acids is 1. The van der Waals surface area contributed by atoms with Crippen molar-refractivity contribution in [3.63, 3.8) is 0 Å². The molecular formula is C27H23NO5. The van der Waals surface area contributed by atoms with Crippen molar-refractivity contribution in [3.05, 3.63) is 84.1 Å². The Morgan fingerprint density at radius 2 is 1.79 bits per heavy atom. The molecule has 0 radical (unpaired) electrons. The Labute approximate surface area is 190 Å². The lowest BCUT2D eigenvalue weighted by molar-refractivity contribution is 0.0525. The second-order valence-corrected chi connectivity index (χ2v) is 7.74. The average Bonchev–Trinajstić information content (AvgIpc) is 3.36. The van der Waals surface area contributed by atoms with Crippen molar-refractivity contribution in [1.29, 1.82) is 0 Å². The van der Waals surface area contributed by atoms with Crippen LogP contribution < -0.4 is 4.74 Å². The molecule has 0 spiro atoms. The third-order valence-corrected chi connectivity index (χ3v) is 5.73. The number of para-hydroxylation sites is 2. The van der Waals surface area contributed by atoms with Crippen LogP contribution in [0.15, 0.2) is 77.2 Å². The first-order valence-corrected chi connectivity index (χ1v) is 10.7. The standard InChI is InChI=1S/C27H23NO5/c1-3-31-27(30)26-19-15-23(29)20(25-13-17-9-7-8-12-24(17)33-25)14-21(19)28(2)22(26)16-32-18-10-5-4-6-11-18/h4-15,29H,3,16H2,1-2H3. The fourth-order valence-electron chi connectivity index (χ4n) is 4.10. The molecule has 5 aromatic rings. The van der Waals surface area contributed by atoms with Gasteiger partial charge in [0.25, 0.3) is 0 Å². The molecule has 2 aromatic heterocycles. The summed E-state index contributed by atoms with van der Waals surface area (Å²) in [6, 6.07) is 22.4. The molecular weight excluding hydrogens is 418 g/mol. The molecule has 0 bridgehead atoms. The number of ether oxygens (including phenoxy) is 2. The van der Waals surface area contributed by atoms with Crippen LogP contribution in [0.25, 0.3) is 33.2 Å². The monoisotopic (exact) mass is 441 g/mol. The van der Waals surface area contributed by atoms with Gasteiger partial charge in [-0.2, -0.15) is 0 Å². The molecule has 0 saturated heterocycles. The van der Waals surface area contributed by atoms with Gasteiger partial charge in [0.2, 0.25) is 0 Å². The number of rotatable bonds is 6. The molecule has 1 N–H and O–H groups in total. The van der Waals surface area contributed by atoms with E-state index in [2.05, 4.69) is 0 Å².